The maximum absolute atomic E-state index is 12.0. The van der Waals surface area contributed by atoms with E-state index in [1.807, 2.05) is 6.92 Å². The summed E-state index contributed by atoms with van der Waals surface area (Å²) in [5.74, 6) is -0.315. The summed E-state index contributed by atoms with van der Waals surface area (Å²) in [6.07, 6.45) is 2.62. The molecule has 0 spiro atoms. The molecular weight excluding hydrogens is 288 g/mol. The molecule has 2 N–H and O–H groups in total. The first-order valence-electron chi connectivity index (χ1n) is 8.76. The van der Waals surface area contributed by atoms with Crippen molar-refractivity contribution in [1.29, 1.82) is 0 Å². The van der Waals surface area contributed by atoms with E-state index in [1.54, 1.807) is 0 Å². The van der Waals surface area contributed by atoms with Gasteiger partial charge in [0.1, 0.15) is 0 Å². The predicted molar refractivity (Wildman–Crippen MR) is 90.5 cm³/mol. The number of hydrogen-bond donors (Lipinski definition) is 2. The quantitative estimate of drug-likeness (QED) is 0.850. The van der Waals surface area contributed by atoms with Gasteiger partial charge in [-0.1, -0.05) is 45.4 Å². The highest BCUT2D eigenvalue weighted by Gasteiger charge is 2.56. The molecule has 23 heavy (non-hydrogen) atoms. The third kappa shape index (κ3) is 2.32. The number of aliphatic hydroxyl groups is 1. The van der Waals surface area contributed by atoms with Crippen LogP contribution in [0.5, 0.6) is 0 Å². The smallest absolute Gasteiger partial charge is 0.309 e. The first-order chi connectivity index (χ1) is 10.7. The minimum absolute atomic E-state index is 0.0198. The summed E-state index contributed by atoms with van der Waals surface area (Å²) < 4.78 is 0. The number of aliphatic carboxylic acids is 1. The van der Waals surface area contributed by atoms with Gasteiger partial charge in [0, 0.05) is 0 Å². The van der Waals surface area contributed by atoms with E-state index in [9.17, 15) is 15.0 Å². The Morgan fingerprint density at radius 3 is 2.57 bits per heavy atom. The summed E-state index contributed by atoms with van der Waals surface area (Å²) in [5, 5.41) is 20.6. The molecule has 0 saturated heterocycles. The van der Waals surface area contributed by atoms with Crippen molar-refractivity contribution >= 4 is 5.97 Å². The van der Waals surface area contributed by atoms with E-state index in [1.165, 1.54) is 5.56 Å². The maximum atomic E-state index is 12.0. The Hall–Kier alpha value is -1.35. The second kappa shape index (κ2) is 5.34. The number of fused-ring (bicyclic) bond motifs is 3. The summed E-state index contributed by atoms with van der Waals surface area (Å²) in [6, 6.07) is 6.43. The topological polar surface area (TPSA) is 57.5 Å². The molecule has 0 aliphatic heterocycles. The number of aliphatic hydroxyl groups excluding tert-OH is 1. The van der Waals surface area contributed by atoms with E-state index in [0.29, 0.717) is 18.8 Å². The molecule has 0 radical (unpaired) electrons. The monoisotopic (exact) mass is 316 g/mol. The molecule has 2 aliphatic rings. The van der Waals surface area contributed by atoms with Crippen LogP contribution >= 0.6 is 0 Å². The van der Waals surface area contributed by atoms with Crippen molar-refractivity contribution < 1.29 is 15.0 Å². The molecule has 0 aromatic heterocycles. The Bertz CT molecular complexity index is 636. The van der Waals surface area contributed by atoms with Crippen molar-refractivity contribution in [3.05, 3.63) is 34.9 Å². The fourth-order valence-corrected chi connectivity index (χ4v) is 5.06. The predicted octanol–water partition coefficient (Wildman–Crippen LogP) is 4.40. The zero-order valence-electron chi connectivity index (χ0n) is 14.6. The minimum atomic E-state index is -0.748. The molecule has 2 aliphatic carbocycles. The van der Waals surface area contributed by atoms with Gasteiger partial charge in [-0.2, -0.15) is 0 Å². The van der Waals surface area contributed by atoms with E-state index in [-0.39, 0.29) is 11.3 Å². The summed E-state index contributed by atoms with van der Waals surface area (Å²) in [5.41, 5.74) is 2.52. The van der Waals surface area contributed by atoms with Crippen LogP contribution in [-0.4, -0.2) is 16.2 Å². The second-order valence-corrected chi connectivity index (χ2v) is 8.30. The fourth-order valence-electron chi connectivity index (χ4n) is 5.06. The van der Waals surface area contributed by atoms with Crippen LogP contribution in [0.25, 0.3) is 0 Å². The molecule has 1 unspecified atom stereocenters. The van der Waals surface area contributed by atoms with Gasteiger partial charge < -0.3 is 10.2 Å². The number of carbonyl (C=O) groups is 1. The van der Waals surface area contributed by atoms with Crippen LogP contribution in [0.1, 0.15) is 82.1 Å². The summed E-state index contributed by atoms with van der Waals surface area (Å²) >= 11 is 0. The fraction of sp³-hybridized carbons (Fsp3) is 0.650. The van der Waals surface area contributed by atoms with Crippen molar-refractivity contribution in [3.63, 3.8) is 0 Å². The molecule has 4 atom stereocenters. The molecule has 1 aromatic carbocycles. The van der Waals surface area contributed by atoms with Gasteiger partial charge in [0.2, 0.25) is 0 Å². The highest BCUT2D eigenvalue weighted by Crippen LogP contribution is 2.59. The molecule has 1 saturated carbocycles. The normalized spacial score (nSPS) is 36.4. The molecule has 1 fully saturated rings. The SMILES string of the molecule is CC(C)c1ccc2c(c1)C(O)C[C@H]1[C@](C)(C(=O)O)CCC[C@]21C. The van der Waals surface area contributed by atoms with Crippen LogP contribution in [0.2, 0.25) is 0 Å². The number of rotatable bonds is 2. The van der Waals surface area contributed by atoms with Crippen molar-refractivity contribution in [3.8, 4) is 0 Å². The zero-order valence-corrected chi connectivity index (χ0v) is 14.6. The van der Waals surface area contributed by atoms with E-state index in [4.69, 9.17) is 0 Å². The standard InChI is InChI=1S/C20H28O3/c1-12(2)13-6-7-15-14(10-13)16(21)11-17-19(15,3)8-5-9-20(17,4)18(22)23/h6-7,10,12,16-17,21H,5,8-9,11H2,1-4H3,(H,22,23)/t16?,17-,19-,20-/m1/s1. The Balaban J connectivity index is 2.14. The van der Waals surface area contributed by atoms with Crippen LogP contribution in [0.15, 0.2) is 18.2 Å². The van der Waals surface area contributed by atoms with Gasteiger partial charge in [-0.05, 0) is 60.1 Å². The maximum Gasteiger partial charge on any atom is 0.309 e. The van der Waals surface area contributed by atoms with Gasteiger partial charge in [-0.25, -0.2) is 0 Å². The van der Waals surface area contributed by atoms with Crippen LogP contribution in [0, 0.1) is 11.3 Å². The summed E-state index contributed by atoms with van der Waals surface area (Å²) in [4.78, 5) is 12.0. The van der Waals surface area contributed by atoms with Crippen molar-refractivity contribution in [2.75, 3.05) is 0 Å². The van der Waals surface area contributed by atoms with Crippen molar-refractivity contribution in [1.82, 2.24) is 0 Å². The molecule has 0 amide bonds. The molecule has 0 bridgehead atoms. The van der Waals surface area contributed by atoms with Gasteiger partial charge in [0.15, 0.2) is 0 Å². The lowest BCUT2D eigenvalue weighted by Gasteiger charge is -2.54. The third-order valence-electron chi connectivity index (χ3n) is 6.59. The van der Waals surface area contributed by atoms with Gasteiger partial charge in [0.05, 0.1) is 11.5 Å². The average molecular weight is 316 g/mol. The third-order valence-corrected chi connectivity index (χ3v) is 6.59. The Labute approximate surface area is 138 Å². The summed E-state index contributed by atoms with van der Waals surface area (Å²) in [7, 11) is 0. The lowest BCUT2D eigenvalue weighted by molar-refractivity contribution is -0.159. The molecule has 126 valence electrons. The van der Waals surface area contributed by atoms with Gasteiger partial charge in [-0.15, -0.1) is 0 Å². The van der Waals surface area contributed by atoms with Crippen molar-refractivity contribution in [2.24, 2.45) is 11.3 Å². The number of carboxylic acid groups (broad SMARTS) is 1. The first kappa shape index (κ1) is 16.5. The van der Waals surface area contributed by atoms with Gasteiger partial charge >= 0.3 is 5.97 Å². The highest BCUT2D eigenvalue weighted by atomic mass is 16.4. The van der Waals surface area contributed by atoms with Crippen LogP contribution in [-0.2, 0) is 10.2 Å². The van der Waals surface area contributed by atoms with Crippen LogP contribution in [0.4, 0.5) is 0 Å². The summed E-state index contributed by atoms with van der Waals surface area (Å²) in [6.45, 7) is 8.39. The first-order valence-corrected chi connectivity index (χ1v) is 8.76. The molecule has 3 nitrogen and oxygen atoms in total. The minimum Gasteiger partial charge on any atom is -0.481 e. The molecule has 3 rings (SSSR count). The Morgan fingerprint density at radius 2 is 1.96 bits per heavy atom. The average Bonchev–Trinajstić information content (AvgIpc) is 2.49. The van der Waals surface area contributed by atoms with E-state index >= 15 is 0 Å². The van der Waals surface area contributed by atoms with E-state index in [2.05, 4.69) is 39.0 Å². The number of carboxylic acids is 1. The van der Waals surface area contributed by atoms with Gasteiger partial charge in [-0.3, -0.25) is 4.79 Å². The van der Waals surface area contributed by atoms with E-state index in [0.717, 1.165) is 24.0 Å². The number of benzene rings is 1. The van der Waals surface area contributed by atoms with Gasteiger partial charge in [0.25, 0.3) is 0 Å². The van der Waals surface area contributed by atoms with Crippen molar-refractivity contribution in [2.45, 2.75) is 70.8 Å². The number of hydrogen-bond acceptors (Lipinski definition) is 2. The molecular formula is C20H28O3. The highest BCUT2D eigenvalue weighted by molar-refractivity contribution is 5.75. The zero-order chi connectivity index (χ0) is 17.0. The van der Waals surface area contributed by atoms with Crippen LogP contribution < -0.4 is 0 Å². The Kier molecular flexibility index (Phi) is 3.83. The lowest BCUT2D eigenvalue weighted by atomic mass is 9.49. The molecule has 0 heterocycles. The lowest BCUT2D eigenvalue weighted by Crippen LogP contribution is -2.53. The molecule has 1 aromatic rings. The van der Waals surface area contributed by atoms with E-state index < -0.39 is 17.5 Å². The second-order valence-electron chi connectivity index (χ2n) is 8.30. The largest absolute Gasteiger partial charge is 0.481 e. The molecule has 3 heteroatoms. The van der Waals surface area contributed by atoms with Crippen LogP contribution in [0.3, 0.4) is 0 Å². The Morgan fingerprint density at radius 1 is 1.26 bits per heavy atom.